The van der Waals surface area contributed by atoms with E-state index >= 15 is 0 Å². The Morgan fingerprint density at radius 2 is 2.17 bits per heavy atom. The summed E-state index contributed by atoms with van der Waals surface area (Å²) < 4.78 is 35.0. The van der Waals surface area contributed by atoms with Gasteiger partial charge in [-0.3, -0.25) is 19.1 Å². The molecule has 2 fully saturated rings. The van der Waals surface area contributed by atoms with E-state index in [-0.39, 0.29) is 0 Å². The van der Waals surface area contributed by atoms with E-state index in [1.54, 1.807) is 0 Å². The van der Waals surface area contributed by atoms with E-state index in [9.17, 15) is 23.6 Å². The number of alkyl halides is 1. The van der Waals surface area contributed by atoms with Crippen molar-refractivity contribution in [3.8, 4) is 0 Å². The number of carbonyl (C=O) groups is 2. The predicted octanol–water partition coefficient (Wildman–Crippen LogP) is -0.802. The van der Waals surface area contributed by atoms with E-state index in [0.29, 0.717) is 0 Å². The van der Waals surface area contributed by atoms with Crippen molar-refractivity contribution < 1.29 is 32.9 Å². The third-order valence-electron chi connectivity index (χ3n) is 3.37. The lowest BCUT2D eigenvalue weighted by atomic mass is 10.1. The molecule has 3 rings (SSSR count). The van der Waals surface area contributed by atoms with Crippen molar-refractivity contribution in [2.45, 2.75) is 31.2 Å². The summed E-state index contributed by atoms with van der Waals surface area (Å²) in [5.74, 6) is -3.46. The number of rotatable bonds is 3. The van der Waals surface area contributed by atoms with Gasteiger partial charge in [0.2, 0.25) is 6.10 Å². The van der Waals surface area contributed by atoms with Crippen LogP contribution in [0.1, 0.15) is 13.2 Å². The molecule has 10 nitrogen and oxygen atoms in total. The number of nitrogens with zero attached hydrogens (tertiary/aromatic N) is 1. The quantitative estimate of drug-likeness (QED) is 0.714. The van der Waals surface area contributed by atoms with Crippen LogP contribution in [-0.4, -0.2) is 46.3 Å². The molecule has 0 saturated carbocycles. The van der Waals surface area contributed by atoms with Crippen molar-refractivity contribution in [2.75, 3.05) is 6.61 Å². The maximum Gasteiger partial charge on any atom is 0.509 e. The Morgan fingerprint density at radius 1 is 1.43 bits per heavy atom. The highest BCUT2D eigenvalue weighted by Crippen LogP contribution is 2.44. The van der Waals surface area contributed by atoms with Gasteiger partial charge in [0.1, 0.15) is 0 Å². The first kappa shape index (κ1) is 15.2. The van der Waals surface area contributed by atoms with Crippen LogP contribution in [0.4, 0.5) is 9.18 Å². The van der Waals surface area contributed by atoms with Crippen LogP contribution in [0.15, 0.2) is 21.9 Å². The number of aromatic amines is 1. The van der Waals surface area contributed by atoms with Crippen molar-refractivity contribution in [2.24, 2.45) is 0 Å². The summed E-state index contributed by atoms with van der Waals surface area (Å²) in [7, 11) is 0. The molecule has 0 unspecified atom stereocenters. The molecule has 23 heavy (non-hydrogen) atoms. The maximum absolute atomic E-state index is 14.9. The molecule has 2 aliphatic heterocycles. The normalized spacial score (nSPS) is 32.1. The van der Waals surface area contributed by atoms with Crippen molar-refractivity contribution in [1.82, 2.24) is 9.55 Å². The molecule has 3 heterocycles. The first-order valence-electron chi connectivity index (χ1n) is 6.49. The second-order valence-electron chi connectivity index (χ2n) is 4.96. The number of ether oxygens (including phenoxy) is 4. The Bertz CT molecular complexity index is 773. The average molecular weight is 330 g/mol. The molecule has 0 amide bonds. The van der Waals surface area contributed by atoms with Crippen LogP contribution in [-0.2, 0) is 23.7 Å². The minimum Gasteiger partial charge on any atom is -0.460 e. The highest BCUT2D eigenvalue weighted by atomic mass is 19.2. The Labute approximate surface area is 126 Å². The molecule has 0 spiro atoms. The predicted molar refractivity (Wildman–Crippen MR) is 67.1 cm³/mol. The third kappa shape index (κ3) is 2.59. The Hall–Kier alpha value is -2.69. The van der Waals surface area contributed by atoms with Gasteiger partial charge >= 0.3 is 17.8 Å². The minimum atomic E-state index is -2.69. The fraction of sp³-hybridized carbons (Fsp3) is 0.500. The van der Waals surface area contributed by atoms with Crippen LogP contribution >= 0.6 is 0 Å². The molecule has 1 aromatic rings. The molecule has 0 aromatic carbocycles. The number of carbonyl (C=O) groups excluding carboxylic acids is 2. The lowest BCUT2D eigenvalue weighted by Gasteiger charge is -2.23. The highest BCUT2D eigenvalue weighted by Gasteiger charge is 2.65. The molecular weight excluding hydrogens is 319 g/mol. The second-order valence-corrected chi connectivity index (χ2v) is 4.96. The van der Waals surface area contributed by atoms with Gasteiger partial charge in [0.25, 0.3) is 11.4 Å². The van der Waals surface area contributed by atoms with E-state index in [0.717, 1.165) is 23.8 Å². The van der Waals surface area contributed by atoms with E-state index in [1.807, 2.05) is 4.98 Å². The minimum absolute atomic E-state index is 0.660. The zero-order valence-electron chi connectivity index (χ0n) is 11.7. The zero-order valence-corrected chi connectivity index (χ0v) is 11.7. The molecule has 124 valence electrons. The van der Waals surface area contributed by atoms with Crippen LogP contribution < -0.4 is 11.2 Å². The van der Waals surface area contributed by atoms with Crippen LogP contribution in [0.2, 0.25) is 0 Å². The largest absolute Gasteiger partial charge is 0.509 e. The number of H-pyrrole nitrogens is 1. The summed E-state index contributed by atoms with van der Waals surface area (Å²) in [4.78, 5) is 47.0. The average Bonchev–Trinajstić information content (AvgIpc) is 2.96. The van der Waals surface area contributed by atoms with Crippen LogP contribution in [0, 0.1) is 0 Å². The van der Waals surface area contributed by atoms with Crippen LogP contribution in [0.3, 0.4) is 0 Å². The standard InChI is InChI=1S/C12H11FN2O8/c1-5(16)20-4-12(13)8-7(21-11(19)22-8)9(23-12)15-3-2-6(17)14-10(15)18/h2-3,7-9H,4H2,1H3,(H,14,17,18)/t7-,8+,9-,12-/m1/s1. The molecule has 2 saturated heterocycles. The van der Waals surface area contributed by atoms with Crippen molar-refractivity contribution in [1.29, 1.82) is 0 Å². The zero-order chi connectivity index (χ0) is 16.8. The van der Waals surface area contributed by atoms with Gasteiger partial charge in [0.15, 0.2) is 18.9 Å². The molecule has 1 aromatic heterocycles. The molecule has 11 heteroatoms. The van der Waals surface area contributed by atoms with E-state index < -0.39 is 54.3 Å². The van der Waals surface area contributed by atoms with E-state index in [1.165, 1.54) is 0 Å². The summed E-state index contributed by atoms with van der Waals surface area (Å²) in [6.45, 7) is 0.214. The van der Waals surface area contributed by atoms with Crippen LogP contribution in [0.5, 0.6) is 0 Å². The van der Waals surface area contributed by atoms with Crippen LogP contribution in [0.25, 0.3) is 0 Å². The third-order valence-corrected chi connectivity index (χ3v) is 3.37. The topological polar surface area (TPSA) is 126 Å². The number of nitrogens with one attached hydrogen (secondary N) is 1. The van der Waals surface area contributed by atoms with Crippen molar-refractivity contribution >= 4 is 12.1 Å². The van der Waals surface area contributed by atoms with Gasteiger partial charge in [-0.25, -0.2) is 14.0 Å². The first-order valence-corrected chi connectivity index (χ1v) is 6.49. The van der Waals surface area contributed by atoms with E-state index in [4.69, 9.17) is 14.2 Å². The highest BCUT2D eigenvalue weighted by molar-refractivity contribution is 5.66. The molecule has 0 bridgehead atoms. The van der Waals surface area contributed by atoms with Gasteiger partial charge in [-0.1, -0.05) is 0 Å². The SMILES string of the molecule is CC(=O)OC[C@@]1(F)O[C@@H](n2ccc(=O)[nH]c2=O)[C@@H]2OC(=O)O[C@@H]21. The fourth-order valence-electron chi connectivity index (χ4n) is 2.41. The van der Waals surface area contributed by atoms with Crippen molar-refractivity contribution in [3.05, 3.63) is 33.1 Å². The number of esters is 1. The Kier molecular flexibility index (Phi) is 3.43. The van der Waals surface area contributed by atoms with Gasteiger partial charge in [-0.15, -0.1) is 0 Å². The number of aromatic nitrogens is 2. The lowest BCUT2D eigenvalue weighted by Crippen LogP contribution is -2.42. The first-order chi connectivity index (χ1) is 10.8. The van der Waals surface area contributed by atoms with E-state index in [2.05, 4.69) is 4.74 Å². The number of hydrogen-bond donors (Lipinski definition) is 1. The number of hydrogen-bond acceptors (Lipinski definition) is 8. The molecule has 2 aliphatic rings. The van der Waals surface area contributed by atoms with Crippen molar-refractivity contribution in [3.63, 3.8) is 0 Å². The smallest absolute Gasteiger partial charge is 0.460 e. The summed E-state index contributed by atoms with van der Waals surface area (Å²) in [6.07, 6.45) is -4.29. The van der Waals surface area contributed by atoms with Gasteiger partial charge in [0.05, 0.1) is 0 Å². The van der Waals surface area contributed by atoms with Gasteiger partial charge in [-0.05, 0) is 0 Å². The second kappa shape index (κ2) is 5.19. The number of halogens is 1. The molecular formula is C12H11FN2O8. The fourth-order valence-corrected chi connectivity index (χ4v) is 2.41. The van der Waals surface area contributed by atoms with Gasteiger partial charge in [-0.2, -0.15) is 0 Å². The Morgan fingerprint density at radius 3 is 2.83 bits per heavy atom. The summed E-state index contributed by atoms with van der Waals surface area (Å²) >= 11 is 0. The maximum atomic E-state index is 14.9. The van der Waals surface area contributed by atoms with Gasteiger partial charge < -0.3 is 18.9 Å². The molecule has 4 atom stereocenters. The molecule has 0 radical (unpaired) electrons. The molecule has 1 N–H and O–H groups in total. The lowest BCUT2D eigenvalue weighted by molar-refractivity contribution is -0.218. The summed E-state index contributed by atoms with van der Waals surface area (Å²) in [6, 6.07) is 1.02. The Balaban J connectivity index is 1.96. The summed E-state index contributed by atoms with van der Waals surface area (Å²) in [5.41, 5.74) is -1.55. The summed E-state index contributed by atoms with van der Waals surface area (Å²) in [5, 5.41) is 0. The monoisotopic (exact) mass is 330 g/mol. The number of fused-ring (bicyclic) bond motifs is 1. The molecule has 0 aliphatic carbocycles. The van der Waals surface area contributed by atoms with Gasteiger partial charge in [0, 0.05) is 19.2 Å².